The van der Waals surface area contributed by atoms with Crippen LogP contribution in [0.3, 0.4) is 0 Å². The van der Waals surface area contributed by atoms with E-state index in [9.17, 15) is 14.7 Å². The van der Waals surface area contributed by atoms with Gasteiger partial charge in [0.15, 0.2) is 6.10 Å². The van der Waals surface area contributed by atoms with Gasteiger partial charge in [0.1, 0.15) is 25.3 Å². The molecule has 1 rings (SSSR count). The van der Waals surface area contributed by atoms with E-state index in [1.165, 1.54) is 44.5 Å². The second kappa shape index (κ2) is 17.4. The first-order valence-corrected chi connectivity index (χ1v) is 12.6. The molecule has 3 unspecified atom stereocenters. The maximum Gasteiger partial charge on any atom is 0.255 e. The zero-order valence-electron chi connectivity index (χ0n) is 23.4. The van der Waals surface area contributed by atoms with E-state index in [-0.39, 0.29) is 30.3 Å². The number of allylic oxidation sites excluding steroid dienone is 3. The van der Waals surface area contributed by atoms with Gasteiger partial charge in [-0.25, -0.2) is 0 Å². The van der Waals surface area contributed by atoms with Gasteiger partial charge in [-0.3, -0.25) is 25.3 Å². The summed E-state index contributed by atoms with van der Waals surface area (Å²) in [5.74, 6) is -0.200. The van der Waals surface area contributed by atoms with Crippen LogP contribution in [0.5, 0.6) is 0 Å². The summed E-state index contributed by atoms with van der Waals surface area (Å²) >= 11 is 0. The summed E-state index contributed by atoms with van der Waals surface area (Å²) in [4.78, 5) is 25.1. The van der Waals surface area contributed by atoms with Crippen LogP contribution in [0.1, 0.15) is 32.8 Å². The van der Waals surface area contributed by atoms with E-state index in [4.69, 9.17) is 33.9 Å². The Bertz CT molecular complexity index is 1150. The molecule has 2 amide bonds. The summed E-state index contributed by atoms with van der Waals surface area (Å²) < 4.78 is 10.6. The molecule has 0 bridgehead atoms. The molecule has 0 spiro atoms. The van der Waals surface area contributed by atoms with Gasteiger partial charge in [-0.2, -0.15) is 0 Å². The van der Waals surface area contributed by atoms with Crippen LogP contribution in [0.15, 0.2) is 66.7 Å². The molecule has 0 saturated heterocycles. The lowest BCUT2D eigenvalue weighted by molar-refractivity contribution is -0.132. The lowest BCUT2D eigenvalue weighted by Crippen LogP contribution is -2.40. The van der Waals surface area contributed by atoms with E-state index in [0.29, 0.717) is 35.0 Å². The number of amidine groups is 2. The van der Waals surface area contributed by atoms with Crippen LogP contribution < -0.4 is 21.8 Å². The summed E-state index contributed by atoms with van der Waals surface area (Å²) in [5, 5.41) is 31.5. The third-order valence-corrected chi connectivity index (χ3v) is 5.79. The van der Waals surface area contributed by atoms with Gasteiger partial charge in [0.2, 0.25) is 6.41 Å². The average Bonchev–Trinajstić information content (AvgIpc) is 2.92. The van der Waals surface area contributed by atoms with Crippen LogP contribution in [0.4, 0.5) is 5.69 Å². The summed E-state index contributed by atoms with van der Waals surface area (Å²) in [6.45, 7) is 9.45. The lowest BCUT2D eigenvalue weighted by atomic mass is 9.89. The predicted molar refractivity (Wildman–Crippen MR) is 158 cm³/mol. The van der Waals surface area contributed by atoms with Gasteiger partial charge in [0.25, 0.3) is 5.91 Å². The number of aliphatic hydroxyl groups is 1. The third kappa shape index (κ3) is 11.7. The van der Waals surface area contributed by atoms with Gasteiger partial charge in [0.05, 0.1) is 26.4 Å². The minimum absolute atomic E-state index is 0.0193. The van der Waals surface area contributed by atoms with E-state index in [0.717, 1.165) is 11.3 Å². The minimum Gasteiger partial charge on any atom is -0.497 e. The van der Waals surface area contributed by atoms with Crippen LogP contribution in [0.25, 0.3) is 0 Å². The molecular weight excluding hydrogens is 511 g/mol. The number of nitrogens with zero attached hydrogens (tertiary/aromatic N) is 1. The highest BCUT2D eigenvalue weighted by Crippen LogP contribution is 2.10. The molecule has 0 fully saturated rings. The molecule has 0 aromatic heterocycles. The standard InChI is InChI=1S/C28H39BN6O5/c1-6-18(2)7-8-21(15-19(3)39-5)33-12-11-25(30)35(17-36)13-14-40-20(4)26(37)28(38)34-22-9-10-23(27(31)32)24(29)16-22/h7-12,15-18,20,26,30,33,37H,3,6,13-14H2,1-2,4-5H3,(H3,31,32)(H,34,38)/b8-7-,12-11-,21-15+,30-25?. The highest BCUT2D eigenvalue weighted by molar-refractivity contribution is 6.37. The van der Waals surface area contributed by atoms with Crippen molar-refractivity contribution in [3.05, 3.63) is 72.3 Å². The van der Waals surface area contributed by atoms with Crippen molar-refractivity contribution in [3.8, 4) is 0 Å². The molecule has 0 heterocycles. The zero-order valence-corrected chi connectivity index (χ0v) is 23.4. The number of carbonyl (C=O) groups excluding carboxylic acids is 2. The number of rotatable bonds is 17. The van der Waals surface area contributed by atoms with Crippen molar-refractivity contribution in [3.63, 3.8) is 0 Å². The molecule has 3 atom stereocenters. The molecule has 12 heteroatoms. The number of aliphatic hydroxyl groups excluding tert-OH is 1. The molecule has 1 aromatic carbocycles. The lowest BCUT2D eigenvalue weighted by Gasteiger charge is -2.21. The Balaban J connectivity index is 2.65. The minimum atomic E-state index is -1.52. The first kappa shape index (κ1) is 33.9. The van der Waals surface area contributed by atoms with Gasteiger partial charge in [-0.15, -0.1) is 0 Å². The Kier molecular flexibility index (Phi) is 14.8. The van der Waals surface area contributed by atoms with E-state index < -0.39 is 18.1 Å². The Morgan fingerprint density at radius 1 is 1.30 bits per heavy atom. The van der Waals surface area contributed by atoms with Crippen LogP contribution in [-0.4, -0.2) is 74.3 Å². The Hall–Kier alpha value is -4.16. The summed E-state index contributed by atoms with van der Waals surface area (Å²) in [7, 11) is 7.35. The largest absolute Gasteiger partial charge is 0.497 e. The summed E-state index contributed by atoms with van der Waals surface area (Å²) in [6.07, 6.45) is 7.60. The second-order valence-electron chi connectivity index (χ2n) is 8.90. The summed E-state index contributed by atoms with van der Waals surface area (Å²) in [6, 6.07) is 4.43. The average molecular weight is 550 g/mol. The number of ether oxygens (including phenoxy) is 2. The topological polar surface area (TPSA) is 174 Å². The number of methoxy groups -OCH3 is 1. The molecule has 11 nitrogen and oxygen atoms in total. The number of nitrogen functional groups attached to an aromatic ring is 1. The van der Waals surface area contributed by atoms with Gasteiger partial charge in [-0.05, 0) is 43.2 Å². The molecule has 7 N–H and O–H groups in total. The SMILES string of the molecule is [B]c1cc(NC(=O)C(O)C(C)OCCN(C=O)C(=N)/C=C\NC(/C=C\C(C)CC)=C/C(=C)OC)ccc1C(=N)N. The molecule has 0 aliphatic heterocycles. The van der Waals surface area contributed by atoms with Crippen LogP contribution in [-0.2, 0) is 19.1 Å². The molecular formula is C28H39BN6O5. The fourth-order valence-corrected chi connectivity index (χ4v) is 3.06. The number of nitrogens with two attached hydrogens (primary N) is 1. The highest BCUT2D eigenvalue weighted by Gasteiger charge is 2.23. The van der Waals surface area contributed by atoms with E-state index in [1.807, 2.05) is 12.2 Å². The fourth-order valence-electron chi connectivity index (χ4n) is 3.06. The smallest absolute Gasteiger partial charge is 0.255 e. The number of nitrogens with one attached hydrogen (secondary N) is 4. The normalized spacial score (nSPS) is 13.9. The number of hydrogen-bond acceptors (Lipinski definition) is 8. The molecule has 214 valence electrons. The van der Waals surface area contributed by atoms with Crippen molar-refractivity contribution in [2.45, 2.75) is 39.4 Å². The van der Waals surface area contributed by atoms with Gasteiger partial charge in [-0.1, -0.05) is 38.4 Å². The van der Waals surface area contributed by atoms with Crippen molar-refractivity contribution >= 4 is 43.0 Å². The van der Waals surface area contributed by atoms with Crippen LogP contribution in [0.2, 0.25) is 0 Å². The van der Waals surface area contributed by atoms with E-state index >= 15 is 0 Å². The van der Waals surface area contributed by atoms with Gasteiger partial charge < -0.3 is 30.9 Å². The monoisotopic (exact) mass is 550 g/mol. The van der Waals surface area contributed by atoms with Crippen molar-refractivity contribution in [1.29, 1.82) is 10.8 Å². The number of amides is 2. The Morgan fingerprint density at radius 2 is 2.00 bits per heavy atom. The quantitative estimate of drug-likeness (QED) is 0.0427. The maximum atomic E-state index is 12.4. The zero-order chi connectivity index (χ0) is 30.2. The fraction of sp³-hybridized carbons (Fsp3) is 0.357. The maximum absolute atomic E-state index is 12.4. The van der Waals surface area contributed by atoms with Crippen molar-refractivity contribution in [1.82, 2.24) is 10.2 Å². The molecule has 0 aliphatic rings. The summed E-state index contributed by atoms with van der Waals surface area (Å²) in [5.41, 5.74) is 6.98. The second-order valence-corrected chi connectivity index (χ2v) is 8.90. The molecule has 2 radical (unpaired) electrons. The molecule has 0 aliphatic carbocycles. The Labute approximate surface area is 237 Å². The molecule has 0 saturated carbocycles. The number of carbonyl (C=O) groups is 2. The Morgan fingerprint density at radius 3 is 2.58 bits per heavy atom. The highest BCUT2D eigenvalue weighted by atomic mass is 16.5. The van der Waals surface area contributed by atoms with E-state index in [1.54, 1.807) is 6.08 Å². The molecule has 1 aromatic rings. The van der Waals surface area contributed by atoms with Gasteiger partial charge in [0, 0.05) is 29.2 Å². The molecule has 40 heavy (non-hydrogen) atoms. The third-order valence-electron chi connectivity index (χ3n) is 5.79. The first-order chi connectivity index (χ1) is 18.9. The van der Waals surface area contributed by atoms with Gasteiger partial charge >= 0.3 is 0 Å². The van der Waals surface area contributed by atoms with Crippen LogP contribution >= 0.6 is 0 Å². The number of hydrogen-bond donors (Lipinski definition) is 6. The van der Waals surface area contributed by atoms with E-state index in [2.05, 4.69) is 31.1 Å². The first-order valence-electron chi connectivity index (χ1n) is 12.6. The predicted octanol–water partition coefficient (Wildman–Crippen LogP) is 1.65. The number of benzene rings is 1. The van der Waals surface area contributed by atoms with Crippen molar-refractivity contribution < 1.29 is 24.2 Å². The number of anilines is 1. The van der Waals surface area contributed by atoms with Crippen LogP contribution in [0, 0.1) is 16.7 Å². The van der Waals surface area contributed by atoms with Crippen molar-refractivity contribution in [2.75, 3.05) is 25.6 Å². The van der Waals surface area contributed by atoms with Crippen molar-refractivity contribution in [2.24, 2.45) is 11.7 Å².